The highest BCUT2D eigenvalue weighted by molar-refractivity contribution is 6.74. The van der Waals surface area contributed by atoms with E-state index in [2.05, 4.69) is 33.9 Å². The lowest BCUT2D eigenvalue weighted by atomic mass is 10.0. The molecule has 6 heteroatoms. The van der Waals surface area contributed by atoms with E-state index in [1.54, 1.807) is 12.1 Å². The SMILES string of the molecule is COC(=O)c1c(O)cc(OC)cc1C=Cc1cccc(O[Si](C)(C)C(C)(C)C)c1. The van der Waals surface area contributed by atoms with Crippen molar-refractivity contribution in [3.8, 4) is 17.2 Å². The first-order chi connectivity index (χ1) is 13.5. The number of hydrogen-bond acceptors (Lipinski definition) is 5. The van der Waals surface area contributed by atoms with Crippen molar-refractivity contribution in [2.45, 2.75) is 38.9 Å². The number of esters is 1. The second kappa shape index (κ2) is 8.74. The van der Waals surface area contributed by atoms with Gasteiger partial charge in [0.05, 0.1) is 14.2 Å². The van der Waals surface area contributed by atoms with Crippen LogP contribution in [0.25, 0.3) is 12.2 Å². The fourth-order valence-electron chi connectivity index (χ4n) is 2.51. The minimum atomic E-state index is -1.94. The first-order valence-electron chi connectivity index (χ1n) is 9.45. The van der Waals surface area contributed by atoms with Gasteiger partial charge in [0.2, 0.25) is 8.32 Å². The Bertz CT molecular complexity index is 910. The predicted octanol–water partition coefficient (Wildman–Crippen LogP) is 5.74. The predicted molar refractivity (Wildman–Crippen MR) is 119 cm³/mol. The molecule has 0 amide bonds. The highest BCUT2D eigenvalue weighted by atomic mass is 28.4. The summed E-state index contributed by atoms with van der Waals surface area (Å²) in [7, 11) is 0.842. The summed E-state index contributed by atoms with van der Waals surface area (Å²) in [6.45, 7) is 11.0. The molecule has 0 saturated heterocycles. The van der Waals surface area contributed by atoms with Crippen molar-refractivity contribution in [1.82, 2.24) is 0 Å². The average molecular weight is 415 g/mol. The molecule has 0 aromatic heterocycles. The van der Waals surface area contributed by atoms with Gasteiger partial charge in [-0.05, 0) is 47.5 Å². The molecule has 5 nitrogen and oxygen atoms in total. The molecule has 0 heterocycles. The van der Waals surface area contributed by atoms with Gasteiger partial charge in [0.1, 0.15) is 22.8 Å². The Hall–Kier alpha value is -2.73. The van der Waals surface area contributed by atoms with Gasteiger partial charge >= 0.3 is 5.97 Å². The van der Waals surface area contributed by atoms with Crippen LogP contribution in [0.2, 0.25) is 18.1 Å². The van der Waals surface area contributed by atoms with E-state index < -0.39 is 14.3 Å². The number of hydrogen-bond donors (Lipinski definition) is 1. The lowest BCUT2D eigenvalue weighted by Gasteiger charge is -2.36. The van der Waals surface area contributed by atoms with E-state index in [0.29, 0.717) is 11.3 Å². The molecular weight excluding hydrogens is 384 g/mol. The molecule has 1 N–H and O–H groups in total. The highest BCUT2D eigenvalue weighted by Crippen LogP contribution is 2.37. The van der Waals surface area contributed by atoms with E-state index in [4.69, 9.17) is 13.9 Å². The molecule has 0 aliphatic carbocycles. The number of methoxy groups -OCH3 is 2. The number of benzene rings is 2. The minimum absolute atomic E-state index is 0.0956. The van der Waals surface area contributed by atoms with Crippen molar-refractivity contribution in [3.05, 3.63) is 53.1 Å². The Labute approximate surface area is 174 Å². The van der Waals surface area contributed by atoms with Crippen molar-refractivity contribution in [2.75, 3.05) is 14.2 Å². The maximum atomic E-state index is 12.1. The average Bonchev–Trinajstić information content (AvgIpc) is 2.64. The van der Waals surface area contributed by atoms with Crippen molar-refractivity contribution < 1.29 is 23.8 Å². The number of carbonyl (C=O) groups excluding carboxylic acids is 1. The number of phenolic OH excluding ortho intramolecular Hbond substituents is 1. The van der Waals surface area contributed by atoms with E-state index in [1.165, 1.54) is 20.3 Å². The molecule has 0 unspecified atom stereocenters. The lowest BCUT2D eigenvalue weighted by molar-refractivity contribution is 0.0597. The van der Waals surface area contributed by atoms with Crippen LogP contribution in [0.15, 0.2) is 36.4 Å². The van der Waals surface area contributed by atoms with Crippen LogP contribution >= 0.6 is 0 Å². The molecule has 2 rings (SSSR count). The molecule has 0 aliphatic rings. The maximum Gasteiger partial charge on any atom is 0.342 e. The number of rotatable bonds is 6. The quantitative estimate of drug-likeness (QED) is 0.371. The summed E-state index contributed by atoms with van der Waals surface area (Å²) in [6.07, 6.45) is 3.61. The number of ether oxygens (including phenoxy) is 2. The maximum absolute atomic E-state index is 12.1. The fourth-order valence-corrected chi connectivity index (χ4v) is 3.53. The van der Waals surface area contributed by atoms with E-state index >= 15 is 0 Å². The Morgan fingerprint density at radius 1 is 1.03 bits per heavy atom. The third-order valence-electron chi connectivity index (χ3n) is 5.24. The minimum Gasteiger partial charge on any atom is -0.543 e. The molecular formula is C23H30O5Si. The van der Waals surface area contributed by atoms with Crippen LogP contribution in [0.4, 0.5) is 0 Å². The van der Waals surface area contributed by atoms with E-state index in [9.17, 15) is 9.90 Å². The Morgan fingerprint density at radius 3 is 2.31 bits per heavy atom. The van der Waals surface area contributed by atoms with Gasteiger partial charge < -0.3 is 19.0 Å². The number of carbonyl (C=O) groups is 1. The molecule has 156 valence electrons. The molecule has 29 heavy (non-hydrogen) atoms. The molecule has 2 aromatic rings. The standard InChI is InChI=1S/C23H30O5Si/c1-23(2,3)29(6,7)28-18-10-8-9-16(13-18)11-12-17-14-19(26-4)15-20(24)21(17)22(25)27-5/h8-15,24H,1-7H3. The van der Waals surface area contributed by atoms with Gasteiger partial charge in [-0.2, -0.15) is 0 Å². The van der Waals surface area contributed by atoms with E-state index in [0.717, 1.165) is 11.3 Å². The van der Waals surface area contributed by atoms with Crippen molar-refractivity contribution in [2.24, 2.45) is 0 Å². The van der Waals surface area contributed by atoms with Gasteiger partial charge in [0.15, 0.2) is 0 Å². The summed E-state index contributed by atoms with van der Waals surface area (Å²) in [6, 6.07) is 10.9. The fraction of sp³-hybridized carbons (Fsp3) is 0.348. The van der Waals surface area contributed by atoms with Gasteiger partial charge in [0.25, 0.3) is 0 Å². The second-order valence-electron chi connectivity index (χ2n) is 8.37. The summed E-state index contributed by atoms with van der Waals surface area (Å²) in [5.74, 6) is 0.468. The lowest BCUT2D eigenvalue weighted by Crippen LogP contribution is -2.43. The van der Waals surface area contributed by atoms with Gasteiger partial charge in [-0.15, -0.1) is 0 Å². The van der Waals surface area contributed by atoms with Crippen LogP contribution in [0.3, 0.4) is 0 Å². The second-order valence-corrected chi connectivity index (χ2v) is 13.1. The molecule has 2 aromatic carbocycles. The summed E-state index contributed by atoms with van der Waals surface area (Å²) in [4.78, 5) is 12.1. The zero-order valence-electron chi connectivity index (χ0n) is 18.2. The zero-order chi connectivity index (χ0) is 21.8. The van der Waals surface area contributed by atoms with Gasteiger partial charge in [-0.25, -0.2) is 4.79 Å². The highest BCUT2D eigenvalue weighted by Gasteiger charge is 2.38. The first-order valence-corrected chi connectivity index (χ1v) is 12.4. The van der Waals surface area contributed by atoms with Gasteiger partial charge in [-0.1, -0.05) is 45.1 Å². The monoisotopic (exact) mass is 414 g/mol. The molecule has 0 fully saturated rings. The molecule has 0 bridgehead atoms. The van der Waals surface area contributed by atoms with Crippen LogP contribution in [-0.4, -0.2) is 33.6 Å². The van der Waals surface area contributed by atoms with Crippen molar-refractivity contribution >= 4 is 26.4 Å². The van der Waals surface area contributed by atoms with E-state index in [-0.39, 0.29) is 16.4 Å². The third kappa shape index (κ3) is 5.41. The summed E-state index contributed by atoms with van der Waals surface area (Å²) in [5, 5.41) is 10.3. The molecule has 0 aliphatic heterocycles. The molecule has 0 spiro atoms. The Morgan fingerprint density at radius 2 is 1.72 bits per heavy atom. The normalized spacial score (nSPS) is 12.1. The van der Waals surface area contributed by atoms with Crippen molar-refractivity contribution in [3.63, 3.8) is 0 Å². The molecule has 0 radical (unpaired) electrons. The summed E-state index contributed by atoms with van der Waals surface area (Å²) in [5.41, 5.74) is 1.52. The third-order valence-corrected chi connectivity index (χ3v) is 9.60. The number of aromatic hydroxyl groups is 1. The van der Waals surface area contributed by atoms with Crippen LogP contribution in [0, 0.1) is 0 Å². The topological polar surface area (TPSA) is 65.0 Å². The van der Waals surface area contributed by atoms with Crippen LogP contribution in [0.1, 0.15) is 42.3 Å². The van der Waals surface area contributed by atoms with Crippen LogP contribution in [-0.2, 0) is 4.74 Å². The van der Waals surface area contributed by atoms with Gasteiger partial charge in [-0.3, -0.25) is 0 Å². The molecule has 0 saturated carbocycles. The first kappa shape index (κ1) is 22.6. The summed E-state index contributed by atoms with van der Waals surface area (Å²) >= 11 is 0. The zero-order valence-corrected chi connectivity index (χ0v) is 19.2. The van der Waals surface area contributed by atoms with E-state index in [1.807, 2.05) is 30.3 Å². The number of phenols is 1. The Kier molecular flexibility index (Phi) is 6.80. The van der Waals surface area contributed by atoms with Crippen LogP contribution < -0.4 is 9.16 Å². The molecule has 0 atom stereocenters. The van der Waals surface area contributed by atoms with Gasteiger partial charge in [0, 0.05) is 6.07 Å². The largest absolute Gasteiger partial charge is 0.543 e. The van der Waals surface area contributed by atoms with Crippen LogP contribution in [0.5, 0.6) is 17.2 Å². The van der Waals surface area contributed by atoms with Crippen molar-refractivity contribution in [1.29, 1.82) is 0 Å². The Balaban J connectivity index is 2.38. The smallest absolute Gasteiger partial charge is 0.342 e. The summed E-state index contributed by atoms with van der Waals surface area (Å²) < 4.78 is 16.4.